The Bertz CT molecular complexity index is 934. The molecule has 3 aromatic rings. The monoisotopic (exact) mass is 355 g/mol. The summed E-state index contributed by atoms with van der Waals surface area (Å²) in [7, 11) is 2.14. The molecular weight excluding hydrogens is 334 g/mol. The Kier molecular flexibility index (Phi) is 4.28. The minimum Gasteiger partial charge on any atom is -0.386 e. The summed E-state index contributed by atoms with van der Waals surface area (Å²) in [5.41, 5.74) is 5.71. The molecule has 4 rings (SSSR count). The van der Waals surface area contributed by atoms with Crippen molar-refractivity contribution in [3.05, 3.63) is 64.1 Å². The lowest BCUT2D eigenvalue weighted by Gasteiger charge is -2.25. The van der Waals surface area contributed by atoms with E-state index in [1.807, 2.05) is 25.1 Å². The molecule has 0 aliphatic carbocycles. The molecule has 0 radical (unpaired) electrons. The van der Waals surface area contributed by atoms with Crippen LogP contribution in [0.1, 0.15) is 28.5 Å². The van der Waals surface area contributed by atoms with E-state index in [2.05, 4.69) is 27.6 Å². The molecular formula is C20H22ClN3O. The number of aromatic nitrogens is 2. The predicted octanol–water partition coefficient (Wildman–Crippen LogP) is 3.72. The number of benzene rings is 1. The number of hydrogen-bond donors (Lipinski definition) is 1. The number of fused-ring (bicyclic) bond motifs is 3. The molecule has 0 bridgehead atoms. The van der Waals surface area contributed by atoms with Gasteiger partial charge in [-0.2, -0.15) is 0 Å². The Morgan fingerprint density at radius 2 is 2.12 bits per heavy atom. The van der Waals surface area contributed by atoms with E-state index in [4.69, 9.17) is 11.6 Å². The third-order valence-corrected chi connectivity index (χ3v) is 5.28. The predicted molar refractivity (Wildman–Crippen MR) is 101 cm³/mol. The van der Waals surface area contributed by atoms with Crippen molar-refractivity contribution in [1.29, 1.82) is 0 Å². The molecule has 0 saturated carbocycles. The quantitative estimate of drug-likeness (QED) is 0.778. The first-order valence-electron chi connectivity index (χ1n) is 8.60. The van der Waals surface area contributed by atoms with Crippen LogP contribution in [0.2, 0.25) is 5.02 Å². The van der Waals surface area contributed by atoms with Crippen LogP contribution in [0.3, 0.4) is 0 Å². The molecule has 1 aliphatic rings. The van der Waals surface area contributed by atoms with Crippen molar-refractivity contribution >= 4 is 22.5 Å². The highest BCUT2D eigenvalue weighted by atomic mass is 35.5. The van der Waals surface area contributed by atoms with Crippen molar-refractivity contribution in [2.24, 2.45) is 0 Å². The van der Waals surface area contributed by atoms with Gasteiger partial charge in [-0.1, -0.05) is 17.7 Å². The lowest BCUT2D eigenvalue weighted by Crippen LogP contribution is -2.27. The van der Waals surface area contributed by atoms with Crippen LogP contribution >= 0.6 is 11.6 Å². The van der Waals surface area contributed by atoms with E-state index >= 15 is 0 Å². The van der Waals surface area contributed by atoms with Gasteiger partial charge in [-0.05, 0) is 43.3 Å². The van der Waals surface area contributed by atoms with Gasteiger partial charge in [0.1, 0.15) is 0 Å². The molecule has 1 unspecified atom stereocenters. The maximum absolute atomic E-state index is 10.8. The number of halogens is 1. The second kappa shape index (κ2) is 6.45. The normalized spacial score (nSPS) is 16.2. The van der Waals surface area contributed by atoms with Crippen molar-refractivity contribution in [3.8, 4) is 0 Å². The third-order valence-electron chi connectivity index (χ3n) is 5.04. The fraction of sp³-hybridized carbons (Fsp3) is 0.350. The van der Waals surface area contributed by atoms with Crippen LogP contribution in [-0.4, -0.2) is 33.1 Å². The van der Waals surface area contributed by atoms with Crippen molar-refractivity contribution < 1.29 is 5.11 Å². The Hall–Kier alpha value is -1.88. The first-order chi connectivity index (χ1) is 12.0. The van der Waals surface area contributed by atoms with Gasteiger partial charge in [0, 0.05) is 59.1 Å². The fourth-order valence-electron chi connectivity index (χ4n) is 3.80. The summed E-state index contributed by atoms with van der Waals surface area (Å²) in [6, 6.07) is 8.04. The largest absolute Gasteiger partial charge is 0.386 e. The minimum atomic E-state index is -0.581. The van der Waals surface area contributed by atoms with E-state index < -0.39 is 6.10 Å². The molecule has 0 saturated heterocycles. The first-order valence-corrected chi connectivity index (χ1v) is 8.98. The van der Waals surface area contributed by atoms with E-state index in [9.17, 15) is 5.11 Å². The van der Waals surface area contributed by atoms with Gasteiger partial charge in [0.25, 0.3) is 0 Å². The van der Waals surface area contributed by atoms with E-state index in [1.54, 1.807) is 12.4 Å². The summed E-state index contributed by atoms with van der Waals surface area (Å²) >= 11 is 6.25. The number of hydrogen-bond acceptors (Lipinski definition) is 3. The molecule has 5 heteroatoms. The highest BCUT2D eigenvalue weighted by Crippen LogP contribution is 2.33. The maximum atomic E-state index is 10.8. The van der Waals surface area contributed by atoms with E-state index in [1.165, 1.54) is 16.6 Å². The summed E-state index contributed by atoms with van der Waals surface area (Å²) < 4.78 is 2.26. The number of nitrogens with zero attached hydrogens (tertiary/aromatic N) is 3. The molecule has 25 heavy (non-hydrogen) atoms. The van der Waals surface area contributed by atoms with Gasteiger partial charge in [0.15, 0.2) is 0 Å². The number of aryl methyl sites for hydroxylation is 1. The molecule has 1 aliphatic heterocycles. The molecule has 1 atom stereocenters. The summed E-state index contributed by atoms with van der Waals surface area (Å²) in [6.07, 6.45) is 3.96. The summed E-state index contributed by atoms with van der Waals surface area (Å²) in [5, 5.41) is 12.7. The molecule has 0 fully saturated rings. The van der Waals surface area contributed by atoms with Crippen LogP contribution in [0.4, 0.5) is 0 Å². The summed E-state index contributed by atoms with van der Waals surface area (Å²) in [6.45, 7) is 4.47. The Morgan fingerprint density at radius 1 is 1.28 bits per heavy atom. The summed E-state index contributed by atoms with van der Waals surface area (Å²) in [5.74, 6) is 0. The zero-order chi connectivity index (χ0) is 17.6. The van der Waals surface area contributed by atoms with Crippen LogP contribution in [0, 0.1) is 6.92 Å². The van der Waals surface area contributed by atoms with Gasteiger partial charge in [-0.15, -0.1) is 0 Å². The second-order valence-electron chi connectivity index (χ2n) is 7.00. The lowest BCUT2D eigenvalue weighted by molar-refractivity contribution is 0.155. The van der Waals surface area contributed by atoms with E-state index in [0.29, 0.717) is 6.54 Å². The van der Waals surface area contributed by atoms with Gasteiger partial charge in [0.2, 0.25) is 0 Å². The van der Waals surface area contributed by atoms with Crippen molar-refractivity contribution in [2.75, 3.05) is 13.6 Å². The molecule has 1 N–H and O–H groups in total. The van der Waals surface area contributed by atoms with Crippen LogP contribution in [0.15, 0.2) is 36.7 Å². The van der Waals surface area contributed by atoms with Gasteiger partial charge in [-0.25, -0.2) is 0 Å². The SMILES string of the molecule is Cc1cncc(C(O)Cn2c3c(c4cc(Cl)ccc42)CN(C)CC3)c1. The number of rotatable bonds is 3. The summed E-state index contributed by atoms with van der Waals surface area (Å²) in [4.78, 5) is 6.54. The second-order valence-corrected chi connectivity index (χ2v) is 7.43. The van der Waals surface area contributed by atoms with E-state index in [0.717, 1.165) is 41.2 Å². The van der Waals surface area contributed by atoms with Gasteiger partial charge >= 0.3 is 0 Å². The highest BCUT2D eigenvalue weighted by molar-refractivity contribution is 6.31. The number of pyridine rings is 1. The van der Waals surface area contributed by atoms with E-state index in [-0.39, 0.29) is 0 Å². The van der Waals surface area contributed by atoms with Crippen molar-refractivity contribution in [3.63, 3.8) is 0 Å². The van der Waals surface area contributed by atoms with Gasteiger partial charge < -0.3 is 14.6 Å². The topological polar surface area (TPSA) is 41.3 Å². The molecule has 4 nitrogen and oxygen atoms in total. The Morgan fingerprint density at radius 3 is 2.92 bits per heavy atom. The minimum absolute atomic E-state index is 0.530. The van der Waals surface area contributed by atoms with Crippen molar-refractivity contribution in [1.82, 2.24) is 14.5 Å². The highest BCUT2D eigenvalue weighted by Gasteiger charge is 2.24. The Labute approximate surface area is 152 Å². The molecule has 3 heterocycles. The van der Waals surface area contributed by atoms with Crippen LogP contribution in [0.5, 0.6) is 0 Å². The van der Waals surface area contributed by atoms with Crippen LogP contribution in [-0.2, 0) is 19.5 Å². The average molecular weight is 356 g/mol. The fourth-order valence-corrected chi connectivity index (χ4v) is 3.98. The van der Waals surface area contributed by atoms with Crippen LogP contribution in [0.25, 0.3) is 10.9 Å². The Balaban J connectivity index is 1.79. The number of aliphatic hydroxyl groups is 1. The average Bonchev–Trinajstić information content (AvgIpc) is 2.87. The number of likely N-dealkylation sites (N-methyl/N-ethyl adjacent to an activating group) is 1. The zero-order valence-electron chi connectivity index (χ0n) is 14.5. The number of aliphatic hydroxyl groups excluding tert-OH is 1. The van der Waals surface area contributed by atoms with Gasteiger partial charge in [-0.3, -0.25) is 4.98 Å². The molecule has 0 amide bonds. The van der Waals surface area contributed by atoms with Crippen molar-refractivity contribution in [2.45, 2.75) is 32.5 Å². The molecule has 0 spiro atoms. The maximum Gasteiger partial charge on any atom is 0.0983 e. The molecule has 130 valence electrons. The first kappa shape index (κ1) is 16.6. The van der Waals surface area contributed by atoms with Gasteiger partial charge in [0.05, 0.1) is 12.6 Å². The molecule has 2 aromatic heterocycles. The molecule has 1 aromatic carbocycles. The van der Waals surface area contributed by atoms with Crippen LogP contribution < -0.4 is 0 Å². The lowest BCUT2D eigenvalue weighted by atomic mass is 10.0. The standard InChI is InChI=1S/C20H22ClN3O/c1-13-7-14(10-22-9-13)20(25)12-24-18-4-3-15(21)8-16(18)17-11-23(2)6-5-19(17)24/h3-4,7-10,20,25H,5-6,11-12H2,1-2H3. The smallest absolute Gasteiger partial charge is 0.0983 e. The zero-order valence-corrected chi connectivity index (χ0v) is 15.3. The third kappa shape index (κ3) is 3.06.